The summed E-state index contributed by atoms with van der Waals surface area (Å²) in [6.07, 6.45) is 2.21. The summed E-state index contributed by atoms with van der Waals surface area (Å²) in [6.45, 7) is 7.49. The number of carboxylic acids is 1. The molecule has 0 spiro atoms. The number of aryl methyl sites for hydroxylation is 1. The Kier molecular flexibility index (Phi) is 3.98. The van der Waals surface area contributed by atoms with Crippen molar-refractivity contribution in [1.29, 1.82) is 0 Å². The molecule has 1 N–H and O–H groups in total. The van der Waals surface area contributed by atoms with Crippen LogP contribution in [0.4, 0.5) is 0 Å². The first-order valence-electron chi connectivity index (χ1n) is 7.06. The third kappa shape index (κ3) is 3.04. The molecule has 6 heteroatoms. The quantitative estimate of drug-likeness (QED) is 0.900. The van der Waals surface area contributed by atoms with Gasteiger partial charge in [-0.1, -0.05) is 0 Å². The van der Waals surface area contributed by atoms with Crippen molar-refractivity contribution in [1.82, 2.24) is 14.9 Å². The van der Waals surface area contributed by atoms with Gasteiger partial charge in [0.25, 0.3) is 0 Å². The number of amides is 1. The van der Waals surface area contributed by atoms with Crippen LogP contribution in [0.15, 0.2) is 12.3 Å². The molecule has 0 saturated carbocycles. The number of nitrogens with zero attached hydrogens (tertiary/aromatic N) is 3. The van der Waals surface area contributed by atoms with E-state index in [0.717, 1.165) is 0 Å². The highest BCUT2D eigenvalue weighted by molar-refractivity contribution is 5.82. The van der Waals surface area contributed by atoms with Crippen molar-refractivity contribution in [3.05, 3.63) is 23.8 Å². The molecule has 2 heterocycles. The molecule has 6 nitrogen and oxygen atoms in total. The zero-order valence-corrected chi connectivity index (χ0v) is 12.8. The van der Waals surface area contributed by atoms with Gasteiger partial charge in [0.05, 0.1) is 17.7 Å². The Morgan fingerprint density at radius 3 is 2.62 bits per heavy atom. The molecule has 1 saturated heterocycles. The van der Waals surface area contributed by atoms with Crippen LogP contribution in [0, 0.1) is 12.8 Å². The van der Waals surface area contributed by atoms with E-state index >= 15 is 0 Å². The maximum Gasteiger partial charge on any atom is 0.309 e. The SMILES string of the molecule is Cc1nccc(C2C(C(=O)O)CCC(=O)N2C(C)(C)C)n1. The van der Waals surface area contributed by atoms with E-state index in [-0.39, 0.29) is 12.3 Å². The number of carboxylic acid groups (broad SMARTS) is 1. The van der Waals surface area contributed by atoms with Crippen molar-refractivity contribution >= 4 is 11.9 Å². The summed E-state index contributed by atoms with van der Waals surface area (Å²) in [7, 11) is 0. The molecule has 2 rings (SSSR count). The van der Waals surface area contributed by atoms with Gasteiger partial charge in [-0.25, -0.2) is 9.97 Å². The molecule has 0 radical (unpaired) electrons. The summed E-state index contributed by atoms with van der Waals surface area (Å²) in [5.41, 5.74) is 0.132. The van der Waals surface area contributed by atoms with E-state index in [9.17, 15) is 14.7 Å². The fourth-order valence-electron chi connectivity index (χ4n) is 2.92. The highest BCUT2D eigenvalue weighted by Crippen LogP contribution is 2.40. The smallest absolute Gasteiger partial charge is 0.309 e. The van der Waals surface area contributed by atoms with Gasteiger partial charge in [-0.2, -0.15) is 0 Å². The van der Waals surface area contributed by atoms with Crippen LogP contribution in [-0.4, -0.2) is 37.4 Å². The van der Waals surface area contributed by atoms with Crippen molar-refractivity contribution in [2.24, 2.45) is 5.92 Å². The molecule has 1 aliphatic heterocycles. The summed E-state index contributed by atoms with van der Waals surface area (Å²) in [5, 5.41) is 9.53. The summed E-state index contributed by atoms with van der Waals surface area (Å²) in [4.78, 5) is 34.1. The lowest BCUT2D eigenvalue weighted by Crippen LogP contribution is -2.54. The van der Waals surface area contributed by atoms with E-state index in [0.29, 0.717) is 17.9 Å². The molecule has 21 heavy (non-hydrogen) atoms. The monoisotopic (exact) mass is 291 g/mol. The van der Waals surface area contributed by atoms with Crippen molar-refractivity contribution in [2.75, 3.05) is 0 Å². The Hall–Kier alpha value is -1.98. The van der Waals surface area contributed by atoms with Gasteiger partial charge in [-0.3, -0.25) is 9.59 Å². The molecule has 1 aromatic heterocycles. The number of hydrogen-bond donors (Lipinski definition) is 1. The van der Waals surface area contributed by atoms with Crippen LogP contribution in [0.5, 0.6) is 0 Å². The minimum Gasteiger partial charge on any atom is -0.481 e. The second kappa shape index (κ2) is 5.42. The lowest BCUT2D eigenvalue weighted by Gasteiger charge is -2.46. The molecule has 1 aliphatic rings. The molecule has 114 valence electrons. The van der Waals surface area contributed by atoms with Gasteiger partial charge in [-0.15, -0.1) is 0 Å². The maximum absolute atomic E-state index is 12.4. The standard InChI is InChI=1S/C15H21N3O3/c1-9-16-8-7-11(17-9)13-10(14(20)21)5-6-12(19)18(13)15(2,3)4/h7-8,10,13H,5-6H2,1-4H3,(H,20,21). The lowest BCUT2D eigenvalue weighted by molar-refractivity contribution is -0.157. The average molecular weight is 291 g/mol. The van der Waals surface area contributed by atoms with Crippen LogP contribution < -0.4 is 0 Å². The molecule has 1 amide bonds. The molecular formula is C15H21N3O3. The molecule has 2 unspecified atom stereocenters. The minimum absolute atomic E-state index is 0.0266. The Morgan fingerprint density at radius 1 is 1.43 bits per heavy atom. The number of likely N-dealkylation sites (tertiary alicyclic amines) is 1. The van der Waals surface area contributed by atoms with Crippen molar-refractivity contribution in [3.8, 4) is 0 Å². The van der Waals surface area contributed by atoms with Crippen molar-refractivity contribution in [3.63, 3.8) is 0 Å². The number of piperidine rings is 1. The van der Waals surface area contributed by atoms with Crippen LogP contribution in [0.1, 0.15) is 51.2 Å². The van der Waals surface area contributed by atoms with Gasteiger partial charge in [0, 0.05) is 18.2 Å². The van der Waals surface area contributed by atoms with Crippen molar-refractivity contribution < 1.29 is 14.7 Å². The lowest BCUT2D eigenvalue weighted by atomic mass is 9.83. The zero-order chi connectivity index (χ0) is 15.8. The number of carbonyl (C=O) groups excluding carboxylic acids is 1. The Labute approximate surface area is 124 Å². The predicted molar refractivity (Wildman–Crippen MR) is 76.5 cm³/mol. The molecule has 1 aromatic rings. The second-order valence-electron chi connectivity index (χ2n) is 6.39. The van der Waals surface area contributed by atoms with Gasteiger partial charge in [0.1, 0.15) is 5.82 Å². The highest BCUT2D eigenvalue weighted by Gasteiger charge is 2.45. The fourth-order valence-corrected chi connectivity index (χ4v) is 2.92. The third-order valence-corrected chi connectivity index (χ3v) is 3.74. The van der Waals surface area contributed by atoms with E-state index in [4.69, 9.17) is 0 Å². The third-order valence-electron chi connectivity index (χ3n) is 3.74. The van der Waals surface area contributed by atoms with E-state index in [1.807, 2.05) is 20.8 Å². The first-order chi connectivity index (χ1) is 9.71. The Bertz CT molecular complexity index is 566. The maximum atomic E-state index is 12.4. The van der Waals surface area contributed by atoms with E-state index in [2.05, 4.69) is 9.97 Å². The van der Waals surface area contributed by atoms with Gasteiger partial charge in [0.15, 0.2) is 0 Å². The number of aliphatic carboxylic acids is 1. The molecule has 1 fully saturated rings. The van der Waals surface area contributed by atoms with Crippen molar-refractivity contribution in [2.45, 2.75) is 52.1 Å². The van der Waals surface area contributed by atoms with Crippen LogP contribution in [0.2, 0.25) is 0 Å². The summed E-state index contributed by atoms with van der Waals surface area (Å²) < 4.78 is 0. The largest absolute Gasteiger partial charge is 0.481 e. The fraction of sp³-hybridized carbons (Fsp3) is 0.600. The van der Waals surface area contributed by atoms with E-state index in [1.165, 1.54) is 0 Å². The molecule has 0 aliphatic carbocycles. The van der Waals surface area contributed by atoms with E-state index < -0.39 is 23.5 Å². The zero-order valence-electron chi connectivity index (χ0n) is 12.8. The first kappa shape index (κ1) is 15.4. The second-order valence-corrected chi connectivity index (χ2v) is 6.39. The van der Waals surface area contributed by atoms with Crippen LogP contribution in [0.3, 0.4) is 0 Å². The highest BCUT2D eigenvalue weighted by atomic mass is 16.4. The van der Waals surface area contributed by atoms with Crippen LogP contribution in [0.25, 0.3) is 0 Å². The molecule has 0 aromatic carbocycles. The number of rotatable bonds is 2. The molecule has 2 atom stereocenters. The Balaban J connectivity index is 2.54. The normalized spacial score (nSPS) is 23.2. The van der Waals surface area contributed by atoms with Crippen LogP contribution in [-0.2, 0) is 9.59 Å². The van der Waals surface area contributed by atoms with Gasteiger partial charge < -0.3 is 10.0 Å². The first-order valence-corrected chi connectivity index (χ1v) is 7.06. The van der Waals surface area contributed by atoms with Crippen LogP contribution >= 0.6 is 0 Å². The van der Waals surface area contributed by atoms with Gasteiger partial charge in [-0.05, 0) is 40.2 Å². The summed E-state index contributed by atoms with van der Waals surface area (Å²) in [6, 6.07) is 1.15. The summed E-state index contributed by atoms with van der Waals surface area (Å²) in [5.74, 6) is -0.987. The Morgan fingerprint density at radius 2 is 2.10 bits per heavy atom. The molecular weight excluding hydrogens is 270 g/mol. The average Bonchev–Trinajstić information content (AvgIpc) is 2.36. The van der Waals surface area contributed by atoms with E-state index in [1.54, 1.807) is 24.1 Å². The van der Waals surface area contributed by atoms with Gasteiger partial charge in [0.2, 0.25) is 5.91 Å². The predicted octanol–water partition coefficient (Wildman–Crippen LogP) is 1.95. The number of hydrogen-bond acceptors (Lipinski definition) is 4. The number of carbonyl (C=O) groups is 2. The summed E-state index contributed by atoms with van der Waals surface area (Å²) >= 11 is 0. The molecule has 0 bridgehead atoms. The topological polar surface area (TPSA) is 83.4 Å². The minimum atomic E-state index is -0.891. The number of aromatic nitrogens is 2. The van der Waals surface area contributed by atoms with Gasteiger partial charge >= 0.3 is 5.97 Å².